The predicted octanol–water partition coefficient (Wildman–Crippen LogP) is 6.68. The van der Waals surface area contributed by atoms with Crippen LogP contribution in [0.1, 0.15) is 35.7 Å². The Morgan fingerprint density at radius 1 is 0.829 bits per heavy atom. The first-order chi connectivity index (χ1) is 17.0. The molecule has 0 saturated carbocycles. The molecule has 4 aromatic carbocycles. The zero-order valence-electron chi connectivity index (χ0n) is 19.8. The molecule has 1 aliphatic rings. The van der Waals surface area contributed by atoms with Crippen molar-refractivity contribution in [2.24, 2.45) is 0 Å². The number of aryl methyl sites for hydroxylation is 1. The minimum absolute atomic E-state index is 0.0293. The van der Waals surface area contributed by atoms with Gasteiger partial charge in [-0.25, -0.2) is 12.4 Å². The number of para-hydroxylation sites is 1. The summed E-state index contributed by atoms with van der Waals surface area (Å²) in [6.45, 7) is 3.70. The van der Waals surface area contributed by atoms with Gasteiger partial charge in [-0.15, -0.1) is 0 Å². The molecule has 0 radical (unpaired) electrons. The Balaban J connectivity index is 1.46. The standard InChI is InChI=1S/C30H28N2O2S/c1-22-15-17-26(18-16-22)35(33,34)32-28-13-5-3-9-24(28)20-30(32)29-14-7-19-31(29)21-25-11-6-10-23-8-2-4-12-27(23)25/h2-6,8-13,15-18,20,29H,7,14,19,21H2,1H3. The van der Waals surface area contributed by atoms with Gasteiger partial charge in [-0.3, -0.25) is 4.90 Å². The lowest BCUT2D eigenvalue weighted by atomic mass is 10.0. The first kappa shape index (κ1) is 22.1. The summed E-state index contributed by atoms with van der Waals surface area (Å²) in [5.41, 5.74) is 3.90. The molecule has 5 aromatic rings. The van der Waals surface area contributed by atoms with Crippen LogP contribution in [0.3, 0.4) is 0 Å². The van der Waals surface area contributed by atoms with E-state index >= 15 is 0 Å². The molecule has 176 valence electrons. The van der Waals surface area contributed by atoms with E-state index in [0.29, 0.717) is 4.90 Å². The Labute approximate surface area is 206 Å². The second-order valence-electron chi connectivity index (χ2n) is 9.48. The molecule has 1 aromatic heterocycles. The van der Waals surface area contributed by atoms with Gasteiger partial charge in [0.25, 0.3) is 10.0 Å². The highest BCUT2D eigenvalue weighted by molar-refractivity contribution is 7.90. The highest BCUT2D eigenvalue weighted by Gasteiger charge is 2.33. The van der Waals surface area contributed by atoms with Gasteiger partial charge in [-0.1, -0.05) is 78.4 Å². The van der Waals surface area contributed by atoms with E-state index in [9.17, 15) is 8.42 Å². The third-order valence-electron chi connectivity index (χ3n) is 7.21. The van der Waals surface area contributed by atoms with Crippen LogP contribution in [-0.4, -0.2) is 23.8 Å². The predicted molar refractivity (Wildman–Crippen MR) is 142 cm³/mol. The van der Waals surface area contributed by atoms with Gasteiger partial charge in [0.05, 0.1) is 22.1 Å². The smallest absolute Gasteiger partial charge is 0.268 e. The van der Waals surface area contributed by atoms with Crippen molar-refractivity contribution in [2.75, 3.05) is 6.54 Å². The summed E-state index contributed by atoms with van der Waals surface area (Å²) in [6.07, 6.45) is 1.98. The Morgan fingerprint density at radius 3 is 2.37 bits per heavy atom. The molecule has 1 fully saturated rings. The van der Waals surface area contributed by atoms with E-state index < -0.39 is 10.0 Å². The van der Waals surface area contributed by atoms with Crippen molar-refractivity contribution in [2.45, 2.75) is 37.2 Å². The number of nitrogens with zero attached hydrogens (tertiary/aromatic N) is 2. The molecule has 1 aliphatic heterocycles. The molecular formula is C30H28N2O2S. The zero-order valence-corrected chi connectivity index (χ0v) is 20.6. The van der Waals surface area contributed by atoms with Crippen LogP contribution in [-0.2, 0) is 16.6 Å². The van der Waals surface area contributed by atoms with Crippen molar-refractivity contribution >= 4 is 31.7 Å². The third kappa shape index (κ3) is 3.85. The lowest BCUT2D eigenvalue weighted by Crippen LogP contribution is -2.26. The molecule has 1 unspecified atom stereocenters. The second kappa shape index (κ2) is 8.67. The minimum Gasteiger partial charge on any atom is -0.291 e. The molecule has 0 N–H and O–H groups in total. The number of rotatable bonds is 5. The van der Waals surface area contributed by atoms with Crippen LogP contribution in [0.15, 0.2) is 102 Å². The monoisotopic (exact) mass is 480 g/mol. The summed E-state index contributed by atoms with van der Waals surface area (Å²) in [4.78, 5) is 2.77. The summed E-state index contributed by atoms with van der Waals surface area (Å²) in [6, 6.07) is 32.0. The van der Waals surface area contributed by atoms with E-state index in [2.05, 4.69) is 53.4 Å². The summed E-state index contributed by atoms with van der Waals surface area (Å²) in [7, 11) is -3.75. The molecule has 6 rings (SSSR count). The fourth-order valence-corrected chi connectivity index (χ4v) is 7.03. The molecule has 0 aliphatic carbocycles. The van der Waals surface area contributed by atoms with Crippen molar-refractivity contribution in [1.82, 2.24) is 8.87 Å². The van der Waals surface area contributed by atoms with Gasteiger partial charge >= 0.3 is 0 Å². The van der Waals surface area contributed by atoms with Gasteiger partial charge in [0.1, 0.15) is 0 Å². The van der Waals surface area contributed by atoms with Crippen molar-refractivity contribution in [3.05, 3.63) is 114 Å². The van der Waals surface area contributed by atoms with Crippen molar-refractivity contribution < 1.29 is 8.42 Å². The number of likely N-dealkylation sites (tertiary alicyclic amines) is 1. The molecule has 1 saturated heterocycles. The van der Waals surface area contributed by atoms with Crippen molar-refractivity contribution in [3.63, 3.8) is 0 Å². The second-order valence-corrected chi connectivity index (χ2v) is 11.3. The summed E-state index contributed by atoms with van der Waals surface area (Å²) >= 11 is 0. The highest BCUT2D eigenvalue weighted by Crippen LogP contribution is 2.38. The average Bonchev–Trinajstić information content (AvgIpc) is 3.49. The Bertz CT molecular complexity index is 1630. The van der Waals surface area contributed by atoms with Crippen LogP contribution >= 0.6 is 0 Å². The Hall–Kier alpha value is -3.41. The zero-order chi connectivity index (χ0) is 24.0. The largest absolute Gasteiger partial charge is 0.291 e. The Kier molecular flexibility index (Phi) is 5.47. The number of hydrogen-bond acceptors (Lipinski definition) is 3. The molecule has 5 heteroatoms. The molecule has 35 heavy (non-hydrogen) atoms. The van der Waals surface area contributed by atoms with Crippen LogP contribution in [0, 0.1) is 6.92 Å². The van der Waals surface area contributed by atoms with Crippen LogP contribution in [0.5, 0.6) is 0 Å². The molecule has 0 amide bonds. The van der Waals surface area contributed by atoms with Crippen molar-refractivity contribution in [1.29, 1.82) is 0 Å². The molecule has 2 heterocycles. The van der Waals surface area contributed by atoms with Crippen LogP contribution in [0.4, 0.5) is 0 Å². The maximum absolute atomic E-state index is 14.0. The summed E-state index contributed by atoms with van der Waals surface area (Å²) in [5, 5.41) is 3.44. The van der Waals surface area contributed by atoms with E-state index in [1.807, 2.05) is 43.3 Å². The lowest BCUT2D eigenvalue weighted by molar-refractivity contribution is 0.245. The summed E-state index contributed by atoms with van der Waals surface area (Å²) < 4.78 is 29.6. The van der Waals surface area contributed by atoms with Gasteiger partial charge in [-0.05, 0) is 66.9 Å². The number of aromatic nitrogens is 1. The SMILES string of the molecule is Cc1ccc(S(=O)(=O)n2c(C3CCCN3Cc3cccc4ccccc34)cc3ccccc32)cc1. The normalized spacial score (nSPS) is 16.9. The van der Waals surface area contributed by atoms with Crippen LogP contribution in [0.25, 0.3) is 21.7 Å². The fraction of sp³-hybridized carbons (Fsp3) is 0.200. The number of hydrogen-bond donors (Lipinski definition) is 0. The van der Waals surface area contributed by atoms with Crippen LogP contribution in [0.2, 0.25) is 0 Å². The van der Waals surface area contributed by atoms with E-state index in [1.54, 1.807) is 16.1 Å². The van der Waals surface area contributed by atoms with Gasteiger partial charge in [0, 0.05) is 11.9 Å². The van der Waals surface area contributed by atoms with E-state index in [4.69, 9.17) is 0 Å². The number of fused-ring (bicyclic) bond motifs is 2. The maximum Gasteiger partial charge on any atom is 0.268 e. The minimum atomic E-state index is -3.75. The topological polar surface area (TPSA) is 42.3 Å². The first-order valence-corrected chi connectivity index (χ1v) is 13.6. The van der Waals surface area contributed by atoms with E-state index in [-0.39, 0.29) is 6.04 Å². The molecule has 0 spiro atoms. The highest BCUT2D eigenvalue weighted by atomic mass is 32.2. The van der Waals surface area contributed by atoms with E-state index in [0.717, 1.165) is 48.1 Å². The maximum atomic E-state index is 14.0. The molecular weight excluding hydrogens is 452 g/mol. The van der Waals surface area contributed by atoms with Crippen molar-refractivity contribution in [3.8, 4) is 0 Å². The fourth-order valence-electron chi connectivity index (χ4n) is 5.47. The Morgan fingerprint density at radius 2 is 1.54 bits per heavy atom. The number of benzene rings is 4. The molecule has 0 bridgehead atoms. The molecule has 4 nitrogen and oxygen atoms in total. The van der Waals surface area contributed by atoms with Gasteiger partial charge in [-0.2, -0.15) is 0 Å². The molecule has 1 atom stereocenters. The van der Waals surface area contributed by atoms with Crippen LogP contribution < -0.4 is 0 Å². The average molecular weight is 481 g/mol. The summed E-state index contributed by atoms with van der Waals surface area (Å²) in [5.74, 6) is 0. The lowest BCUT2D eigenvalue weighted by Gasteiger charge is -2.26. The third-order valence-corrected chi connectivity index (χ3v) is 8.97. The first-order valence-electron chi connectivity index (χ1n) is 12.2. The van der Waals surface area contributed by atoms with E-state index in [1.165, 1.54) is 16.3 Å². The van der Waals surface area contributed by atoms with Gasteiger partial charge in [0.2, 0.25) is 0 Å². The van der Waals surface area contributed by atoms with Gasteiger partial charge in [0.15, 0.2) is 0 Å². The van der Waals surface area contributed by atoms with Gasteiger partial charge < -0.3 is 0 Å². The quantitative estimate of drug-likeness (QED) is 0.282.